The van der Waals surface area contributed by atoms with Crippen LogP contribution in [0.25, 0.3) is 0 Å². The molecule has 5 heteroatoms. The van der Waals surface area contributed by atoms with Gasteiger partial charge < -0.3 is 5.11 Å². The van der Waals surface area contributed by atoms with Crippen molar-refractivity contribution in [2.45, 2.75) is 4.90 Å². The van der Waals surface area contributed by atoms with Crippen LogP contribution in [0.5, 0.6) is 5.75 Å². The molecule has 0 saturated carbocycles. The molecule has 1 aromatic rings. The molecule has 0 aliphatic heterocycles. The van der Waals surface area contributed by atoms with Crippen LogP contribution < -0.4 is 0 Å². The summed E-state index contributed by atoms with van der Waals surface area (Å²) in [6, 6.07) is 5.57. The van der Waals surface area contributed by atoms with Gasteiger partial charge in [0.2, 0.25) is 0 Å². The number of sulfone groups is 1. The van der Waals surface area contributed by atoms with E-state index in [9.17, 15) is 8.42 Å². The Morgan fingerprint density at radius 2 is 1.92 bits per heavy atom. The van der Waals surface area contributed by atoms with Crippen molar-refractivity contribution in [3.05, 3.63) is 24.3 Å². The van der Waals surface area contributed by atoms with Crippen LogP contribution in [0.1, 0.15) is 0 Å². The first-order valence-corrected chi connectivity index (χ1v) is 4.88. The molecular weight excluding hydrogens is 255 g/mol. The topological polar surface area (TPSA) is 54.4 Å². The molecule has 0 aliphatic rings. The second-order valence-electron chi connectivity index (χ2n) is 2.27. The van der Waals surface area contributed by atoms with Gasteiger partial charge in [0, 0.05) is 32.5 Å². The van der Waals surface area contributed by atoms with Gasteiger partial charge in [0.05, 0.1) is 4.90 Å². The van der Waals surface area contributed by atoms with E-state index in [2.05, 4.69) is 0 Å². The van der Waals surface area contributed by atoms with Gasteiger partial charge in [0.1, 0.15) is 5.75 Å². The number of benzene rings is 1. The van der Waals surface area contributed by atoms with E-state index < -0.39 is 9.84 Å². The van der Waals surface area contributed by atoms with Crippen LogP contribution in [-0.4, -0.2) is 19.8 Å². The van der Waals surface area contributed by atoms with Crippen LogP contribution in [0.2, 0.25) is 0 Å². The van der Waals surface area contributed by atoms with E-state index in [4.69, 9.17) is 5.11 Å². The van der Waals surface area contributed by atoms with E-state index in [0.29, 0.717) is 0 Å². The maximum atomic E-state index is 10.9. The Morgan fingerprint density at radius 1 is 1.33 bits per heavy atom. The molecule has 1 N–H and O–H groups in total. The third-order valence-corrected chi connectivity index (χ3v) is 2.36. The number of hydrogen-bond acceptors (Lipinski definition) is 3. The van der Waals surface area contributed by atoms with Gasteiger partial charge in [-0.3, -0.25) is 0 Å². The van der Waals surface area contributed by atoms with E-state index in [-0.39, 0.29) is 36.8 Å². The summed E-state index contributed by atoms with van der Waals surface area (Å²) < 4.78 is 21.7. The number of rotatable bonds is 1. The first-order chi connectivity index (χ1) is 5.00. The second kappa shape index (κ2) is 4.19. The first-order valence-electron chi connectivity index (χ1n) is 2.99. The van der Waals surface area contributed by atoms with Crippen molar-refractivity contribution in [3.63, 3.8) is 0 Å². The van der Waals surface area contributed by atoms with Gasteiger partial charge >= 0.3 is 0 Å². The van der Waals surface area contributed by atoms with Gasteiger partial charge in [-0.25, -0.2) is 8.42 Å². The molecule has 0 saturated heterocycles. The van der Waals surface area contributed by atoms with Gasteiger partial charge in [-0.1, -0.05) is 6.07 Å². The van der Waals surface area contributed by atoms with Gasteiger partial charge in [-0.15, -0.1) is 0 Å². The average molecular weight is 263 g/mol. The molecule has 1 aromatic carbocycles. The minimum atomic E-state index is -3.19. The van der Waals surface area contributed by atoms with Gasteiger partial charge in [0.15, 0.2) is 9.84 Å². The SMILES string of the molecule is CS(=O)(=O)c1cccc(O)c1.[Zr]. The molecule has 3 nitrogen and oxygen atoms in total. The smallest absolute Gasteiger partial charge is 0.175 e. The van der Waals surface area contributed by atoms with Crippen molar-refractivity contribution in [1.29, 1.82) is 0 Å². The maximum absolute atomic E-state index is 10.9. The third kappa shape index (κ3) is 3.07. The zero-order valence-electron chi connectivity index (χ0n) is 6.48. The quantitative estimate of drug-likeness (QED) is 0.815. The van der Waals surface area contributed by atoms with Crippen LogP contribution in [0.4, 0.5) is 0 Å². The molecule has 0 aliphatic carbocycles. The van der Waals surface area contributed by atoms with Crippen molar-refractivity contribution in [2.75, 3.05) is 6.26 Å². The van der Waals surface area contributed by atoms with Crippen molar-refractivity contribution >= 4 is 9.84 Å². The standard InChI is InChI=1S/C7H8O3S.Zr/c1-11(9,10)7-4-2-3-6(8)5-7;/h2-5,8H,1H3;. The molecule has 0 aromatic heterocycles. The zero-order valence-corrected chi connectivity index (χ0v) is 9.76. The fourth-order valence-electron chi connectivity index (χ4n) is 0.714. The number of hydrogen-bond donors (Lipinski definition) is 1. The summed E-state index contributed by atoms with van der Waals surface area (Å²) in [5.41, 5.74) is 0. The minimum absolute atomic E-state index is 0. The molecule has 0 radical (unpaired) electrons. The molecule has 0 unspecified atom stereocenters. The molecular formula is C7H8O3SZr. The molecule has 0 bridgehead atoms. The normalized spacial score (nSPS) is 10.4. The molecule has 12 heavy (non-hydrogen) atoms. The Balaban J connectivity index is 0.00000121. The first kappa shape index (κ1) is 11.9. The van der Waals surface area contributed by atoms with Crippen molar-refractivity contribution in [1.82, 2.24) is 0 Å². The molecule has 0 amide bonds. The van der Waals surface area contributed by atoms with E-state index in [1.54, 1.807) is 0 Å². The van der Waals surface area contributed by atoms with Crippen molar-refractivity contribution in [3.8, 4) is 5.75 Å². The molecule has 0 atom stereocenters. The van der Waals surface area contributed by atoms with Gasteiger partial charge in [-0.2, -0.15) is 0 Å². The van der Waals surface area contributed by atoms with Gasteiger partial charge in [0.25, 0.3) is 0 Å². The molecule has 0 heterocycles. The Labute approximate surface area is 90.5 Å². The van der Waals surface area contributed by atoms with Crippen molar-refractivity contribution < 1.29 is 39.7 Å². The minimum Gasteiger partial charge on any atom is -0.508 e. The monoisotopic (exact) mass is 262 g/mol. The predicted molar refractivity (Wildman–Crippen MR) is 41.2 cm³/mol. The molecule has 1 rings (SSSR count). The van der Waals surface area contributed by atoms with E-state index in [1.807, 2.05) is 0 Å². The Kier molecular flexibility index (Phi) is 4.14. The fourth-order valence-corrected chi connectivity index (χ4v) is 1.37. The average Bonchev–Trinajstić information content (AvgIpc) is 1.86. The van der Waals surface area contributed by atoms with Crippen LogP contribution in [0.3, 0.4) is 0 Å². The number of aromatic hydroxyl groups is 1. The molecule has 64 valence electrons. The predicted octanol–water partition coefficient (Wildman–Crippen LogP) is 0.793. The number of phenols is 1. The summed E-state index contributed by atoms with van der Waals surface area (Å²) in [6.07, 6.45) is 1.10. The second-order valence-corrected chi connectivity index (χ2v) is 4.29. The number of phenolic OH excluding ortho intramolecular Hbond substituents is 1. The summed E-state index contributed by atoms with van der Waals surface area (Å²) in [5, 5.41) is 8.91. The van der Waals surface area contributed by atoms with Crippen LogP contribution in [0, 0.1) is 0 Å². The summed E-state index contributed by atoms with van der Waals surface area (Å²) in [5.74, 6) is -0.0343. The van der Waals surface area contributed by atoms with E-state index in [0.717, 1.165) is 6.26 Å². The third-order valence-electron chi connectivity index (χ3n) is 1.25. The summed E-state index contributed by atoms with van der Waals surface area (Å²) in [6.45, 7) is 0. The maximum Gasteiger partial charge on any atom is 0.175 e. The fraction of sp³-hybridized carbons (Fsp3) is 0.143. The molecule has 0 spiro atoms. The van der Waals surface area contributed by atoms with Crippen molar-refractivity contribution in [2.24, 2.45) is 0 Å². The Hall–Kier alpha value is -0.147. The van der Waals surface area contributed by atoms with Gasteiger partial charge in [-0.05, 0) is 18.2 Å². The van der Waals surface area contributed by atoms with E-state index >= 15 is 0 Å². The molecule has 0 fully saturated rings. The Morgan fingerprint density at radius 3 is 2.25 bits per heavy atom. The van der Waals surface area contributed by atoms with Crippen LogP contribution >= 0.6 is 0 Å². The summed E-state index contributed by atoms with van der Waals surface area (Å²) in [4.78, 5) is 0.137. The van der Waals surface area contributed by atoms with Crippen LogP contribution in [-0.2, 0) is 36.0 Å². The zero-order chi connectivity index (χ0) is 8.48. The summed E-state index contributed by atoms with van der Waals surface area (Å²) in [7, 11) is -3.19. The van der Waals surface area contributed by atoms with Crippen LogP contribution in [0.15, 0.2) is 29.2 Å². The summed E-state index contributed by atoms with van der Waals surface area (Å²) >= 11 is 0. The van der Waals surface area contributed by atoms with E-state index in [1.165, 1.54) is 24.3 Å². The largest absolute Gasteiger partial charge is 0.508 e. The Bertz CT molecular complexity index is 359.